The van der Waals surface area contributed by atoms with Gasteiger partial charge in [0.25, 0.3) is 0 Å². The van der Waals surface area contributed by atoms with Crippen LogP contribution in [0.5, 0.6) is 5.75 Å². The van der Waals surface area contributed by atoms with Crippen molar-refractivity contribution in [2.75, 3.05) is 13.7 Å². The summed E-state index contributed by atoms with van der Waals surface area (Å²) >= 11 is 0. The van der Waals surface area contributed by atoms with Gasteiger partial charge in [-0.15, -0.1) is 0 Å². The van der Waals surface area contributed by atoms with Gasteiger partial charge in [0.15, 0.2) is 0 Å². The number of ether oxygens (including phenoxy) is 1. The zero-order valence-electron chi connectivity index (χ0n) is 13.2. The third-order valence-electron chi connectivity index (χ3n) is 4.68. The normalized spacial score (nSPS) is 27.6. The average molecular weight is 276 g/mol. The van der Waals surface area contributed by atoms with Gasteiger partial charge in [0.1, 0.15) is 5.75 Å². The molecule has 1 fully saturated rings. The van der Waals surface area contributed by atoms with E-state index in [1.54, 1.807) is 7.11 Å². The summed E-state index contributed by atoms with van der Waals surface area (Å²) in [5.41, 5.74) is 8.11. The lowest BCUT2D eigenvalue weighted by molar-refractivity contribution is 0.0729. The Morgan fingerprint density at radius 2 is 2.05 bits per heavy atom. The molecule has 3 atom stereocenters. The highest BCUT2D eigenvalue weighted by Gasteiger charge is 2.28. The van der Waals surface area contributed by atoms with Crippen LogP contribution in [0.3, 0.4) is 0 Å². The molecule has 0 saturated carbocycles. The van der Waals surface area contributed by atoms with Gasteiger partial charge in [-0.25, -0.2) is 0 Å². The maximum atomic E-state index is 5.73. The molecule has 1 aromatic rings. The number of hydrogen-bond donors (Lipinski definition) is 1. The number of rotatable bonds is 4. The summed E-state index contributed by atoms with van der Waals surface area (Å²) in [7, 11) is 1.71. The number of nitrogens with two attached hydrogens (primary N) is 1. The maximum Gasteiger partial charge on any atom is 0.123 e. The molecule has 2 N–H and O–H groups in total. The number of piperidine rings is 1. The average Bonchev–Trinajstić information content (AvgIpc) is 2.44. The second-order valence-corrected chi connectivity index (χ2v) is 6.34. The van der Waals surface area contributed by atoms with E-state index >= 15 is 0 Å². The lowest BCUT2D eigenvalue weighted by Gasteiger charge is -2.41. The lowest BCUT2D eigenvalue weighted by atomic mass is 9.86. The molecule has 112 valence electrons. The monoisotopic (exact) mass is 276 g/mol. The highest BCUT2D eigenvalue weighted by atomic mass is 16.5. The van der Waals surface area contributed by atoms with Crippen LogP contribution in [0.1, 0.15) is 38.3 Å². The SMILES string of the molecule is COc1cc(CN2CC(C)CC(C)C2C)ccc1CN. The molecule has 0 radical (unpaired) electrons. The molecule has 0 bridgehead atoms. The summed E-state index contributed by atoms with van der Waals surface area (Å²) in [5, 5.41) is 0. The number of nitrogens with zero attached hydrogens (tertiary/aromatic N) is 1. The minimum Gasteiger partial charge on any atom is -0.496 e. The predicted octanol–water partition coefficient (Wildman–Crippen LogP) is 3.02. The van der Waals surface area contributed by atoms with E-state index in [2.05, 4.69) is 43.9 Å². The van der Waals surface area contributed by atoms with Crippen molar-refractivity contribution < 1.29 is 4.74 Å². The van der Waals surface area contributed by atoms with Gasteiger partial charge in [-0.2, -0.15) is 0 Å². The number of hydrogen-bond acceptors (Lipinski definition) is 3. The van der Waals surface area contributed by atoms with E-state index in [4.69, 9.17) is 10.5 Å². The lowest BCUT2D eigenvalue weighted by Crippen LogP contribution is -2.45. The highest BCUT2D eigenvalue weighted by molar-refractivity contribution is 5.37. The second kappa shape index (κ2) is 6.59. The summed E-state index contributed by atoms with van der Waals surface area (Å²) in [6.45, 7) is 9.78. The van der Waals surface area contributed by atoms with Crippen molar-refractivity contribution in [2.45, 2.75) is 46.3 Å². The van der Waals surface area contributed by atoms with Crippen LogP contribution in [0.15, 0.2) is 18.2 Å². The van der Waals surface area contributed by atoms with Crippen LogP contribution in [-0.4, -0.2) is 24.6 Å². The van der Waals surface area contributed by atoms with Crippen molar-refractivity contribution in [2.24, 2.45) is 17.6 Å². The summed E-state index contributed by atoms with van der Waals surface area (Å²) in [4.78, 5) is 2.59. The topological polar surface area (TPSA) is 38.5 Å². The third-order valence-corrected chi connectivity index (χ3v) is 4.68. The first-order valence-electron chi connectivity index (χ1n) is 7.65. The van der Waals surface area contributed by atoms with Gasteiger partial charge in [-0.05, 0) is 36.8 Å². The van der Waals surface area contributed by atoms with Crippen molar-refractivity contribution in [3.05, 3.63) is 29.3 Å². The Bertz CT molecular complexity index is 447. The fourth-order valence-electron chi connectivity index (χ4n) is 3.33. The number of likely N-dealkylation sites (tertiary alicyclic amines) is 1. The van der Waals surface area contributed by atoms with Gasteiger partial charge in [0.05, 0.1) is 7.11 Å². The summed E-state index contributed by atoms with van der Waals surface area (Å²) in [5.74, 6) is 2.46. The largest absolute Gasteiger partial charge is 0.496 e. The molecular formula is C17H28N2O. The Labute approximate surface area is 123 Å². The van der Waals surface area contributed by atoms with E-state index in [0.29, 0.717) is 12.6 Å². The number of methoxy groups -OCH3 is 1. The molecule has 2 rings (SSSR count). The van der Waals surface area contributed by atoms with Crippen molar-refractivity contribution in [1.82, 2.24) is 4.90 Å². The molecule has 1 saturated heterocycles. The van der Waals surface area contributed by atoms with Crippen LogP contribution < -0.4 is 10.5 Å². The van der Waals surface area contributed by atoms with Gasteiger partial charge in [-0.1, -0.05) is 26.0 Å². The van der Waals surface area contributed by atoms with Crippen molar-refractivity contribution in [1.29, 1.82) is 0 Å². The first-order chi connectivity index (χ1) is 9.55. The van der Waals surface area contributed by atoms with Crippen LogP contribution in [0.2, 0.25) is 0 Å². The zero-order valence-corrected chi connectivity index (χ0v) is 13.2. The molecule has 20 heavy (non-hydrogen) atoms. The van der Waals surface area contributed by atoms with E-state index < -0.39 is 0 Å². The van der Waals surface area contributed by atoms with Gasteiger partial charge < -0.3 is 10.5 Å². The first kappa shape index (κ1) is 15.3. The van der Waals surface area contributed by atoms with Crippen molar-refractivity contribution >= 4 is 0 Å². The van der Waals surface area contributed by atoms with Crippen LogP contribution in [0, 0.1) is 11.8 Å². The fraction of sp³-hybridized carbons (Fsp3) is 0.647. The molecule has 1 aromatic carbocycles. The van der Waals surface area contributed by atoms with Gasteiger partial charge in [-0.3, -0.25) is 4.90 Å². The molecular weight excluding hydrogens is 248 g/mol. The summed E-state index contributed by atoms with van der Waals surface area (Å²) in [6, 6.07) is 7.06. The van der Waals surface area contributed by atoms with Gasteiger partial charge in [0, 0.05) is 31.2 Å². The molecule has 0 aromatic heterocycles. The van der Waals surface area contributed by atoms with Crippen LogP contribution in [0.25, 0.3) is 0 Å². The Balaban J connectivity index is 2.12. The van der Waals surface area contributed by atoms with E-state index in [-0.39, 0.29) is 0 Å². The third kappa shape index (κ3) is 3.33. The molecule has 1 heterocycles. The van der Waals surface area contributed by atoms with E-state index in [0.717, 1.165) is 29.7 Å². The number of benzene rings is 1. The summed E-state index contributed by atoms with van der Waals surface area (Å²) < 4.78 is 5.44. The molecule has 0 amide bonds. The quantitative estimate of drug-likeness (QED) is 0.918. The maximum absolute atomic E-state index is 5.73. The Kier molecular flexibility index (Phi) is 5.06. The Hall–Kier alpha value is -1.06. The Morgan fingerprint density at radius 1 is 1.30 bits per heavy atom. The minimum absolute atomic E-state index is 0.525. The predicted molar refractivity (Wildman–Crippen MR) is 83.7 cm³/mol. The Morgan fingerprint density at radius 3 is 2.70 bits per heavy atom. The van der Waals surface area contributed by atoms with Crippen LogP contribution >= 0.6 is 0 Å². The van der Waals surface area contributed by atoms with Crippen molar-refractivity contribution in [3.63, 3.8) is 0 Å². The van der Waals surface area contributed by atoms with Crippen LogP contribution in [0.4, 0.5) is 0 Å². The molecule has 3 heteroatoms. The standard InChI is InChI=1S/C17H28N2O/c1-12-7-13(2)14(3)19(10-12)11-15-5-6-16(9-18)17(8-15)20-4/h5-6,8,12-14H,7,9-11,18H2,1-4H3. The van der Waals surface area contributed by atoms with Gasteiger partial charge in [0.2, 0.25) is 0 Å². The molecule has 1 aliphatic heterocycles. The van der Waals surface area contributed by atoms with Gasteiger partial charge >= 0.3 is 0 Å². The molecule has 3 nitrogen and oxygen atoms in total. The van der Waals surface area contributed by atoms with Crippen LogP contribution in [-0.2, 0) is 13.1 Å². The molecule has 3 unspecified atom stereocenters. The minimum atomic E-state index is 0.525. The zero-order chi connectivity index (χ0) is 14.7. The fourth-order valence-corrected chi connectivity index (χ4v) is 3.33. The van der Waals surface area contributed by atoms with E-state index in [1.807, 2.05) is 0 Å². The molecule has 0 aliphatic carbocycles. The van der Waals surface area contributed by atoms with E-state index in [9.17, 15) is 0 Å². The van der Waals surface area contributed by atoms with E-state index in [1.165, 1.54) is 18.5 Å². The molecule has 1 aliphatic rings. The smallest absolute Gasteiger partial charge is 0.123 e. The first-order valence-corrected chi connectivity index (χ1v) is 7.65. The molecule has 0 spiro atoms. The summed E-state index contributed by atoms with van der Waals surface area (Å²) in [6.07, 6.45) is 1.34. The highest BCUT2D eigenvalue weighted by Crippen LogP contribution is 2.29. The second-order valence-electron chi connectivity index (χ2n) is 6.34. The van der Waals surface area contributed by atoms with Crippen molar-refractivity contribution in [3.8, 4) is 5.75 Å².